The number of carbonyl (C=O) groups excluding carboxylic acids is 1. The number of carboxylic acid groups (broad SMARTS) is 1. The number of rotatable bonds is 5. The predicted octanol–water partition coefficient (Wildman–Crippen LogP) is 3.61. The molecule has 5 heteroatoms. The molecule has 0 saturated carbocycles. The summed E-state index contributed by atoms with van der Waals surface area (Å²) < 4.78 is 5.23. The van der Waals surface area contributed by atoms with Crippen LogP contribution >= 0.6 is 0 Å². The van der Waals surface area contributed by atoms with E-state index >= 15 is 0 Å². The van der Waals surface area contributed by atoms with Gasteiger partial charge in [-0.1, -0.05) is 19.1 Å². The number of aryl methyl sites for hydroxylation is 1. The van der Waals surface area contributed by atoms with Gasteiger partial charge in [-0.3, -0.25) is 10.1 Å². The van der Waals surface area contributed by atoms with Gasteiger partial charge in [-0.2, -0.15) is 0 Å². The lowest BCUT2D eigenvalue weighted by molar-refractivity contribution is -0.136. The molecule has 0 aliphatic heterocycles. The number of benzene rings is 1. The topological polar surface area (TPSA) is 75.6 Å². The monoisotopic (exact) mass is 293 g/mol. The SMILES string of the molecule is CCc1cccc(NC(=O)OC(C)(C)C)c1CCC(=O)O. The second-order valence-corrected chi connectivity index (χ2v) is 5.82. The molecule has 1 aromatic rings. The standard InChI is InChI=1S/C16H23NO4/c1-5-11-7-6-8-13(12(11)9-10-14(18)19)17-15(20)21-16(2,3)4/h6-8H,5,9-10H2,1-4H3,(H,17,20)(H,18,19). The molecule has 0 saturated heterocycles. The van der Waals surface area contributed by atoms with Gasteiger partial charge in [0.2, 0.25) is 0 Å². The number of ether oxygens (including phenoxy) is 1. The lowest BCUT2D eigenvalue weighted by Crippen LogP contribution is -2.27. The maximum Gasteiger partial charge on any atom is 0.412 e. The van der Waals surface area contributed by atoms with Crippen molar-refractivity contribution in [2.24, 2.45) is 0 Å². The van der Waals surface area contributed by atoms with Gasteiger partial charge in [-0.25, -0.2) is 4.79 Å². The first kappa shape index (κ1) is 17.0. The molecule has 0 unspecified atom stereocenters. The summed E-state index contributed by atoms with van der Waals surface area (Å²) in [4.78, 5) is 22.6. The van der Waals surface area contributed by atoms with E-state index in [-0.39, 0.29) is 6.42 Å². The quantitative estimate of drug-likeness (QED) is 0.869. The van der Waals surface area contributed by atoms with Gasteiger partial charge in [0.25, 0.3) is 0 Å². The van der Waals surface area contributed by atoms with Gasteiger partial charge in [-0.15, -0.1) is 0 Å². The minimum absolute atomic E-state index is 0.0278. The summed E-state index contributed by atoms with van der Waals surface area (Å²) >= 11 is 0. The Hall–Kier alpha value is -2.04. The van der Waals surface area contributed by atoms with E-state index in [1.54, 1.807) is 26.8 Å². The van der Waals surface area contributed by atoms with E-state index in [0.29, 0.717) is 12.1 Å². The number of carbonyl (C=O) groups is 2. The lowest BCUT2D eigenvalue weighted by Gasteiger charge is -2.21. The molecule has 1 amide bonds. The molecule has 1 rings (SSSR count). The van der Waals surface area contributed by atoms with Crippen LogP contribution in [0.2, 0.25) is 0 Å². The molecule has 0 heterocycles. The molecule has 0 radical (unpaired) electrons. The van der Waals surface area contributed by atoms with Crippen LogP contribution in [0.25, 0.3) is 0 Å². The van der Waals surface area contributed by atoms with Crippen molar-refractivity contribution < 1.29 is 19.4 Å². The number of hydrogen-bond acceptors (Lipinski definition) is 3. The average Bonchev–Trinajstić information content (AvgIpc) is 2.34. The van der Waals surface area contributed by atoms with Crippen LogP contribution < -0.4 is 5.32 Å². The number of nitrogens with one attached hydrogen (secondary N) is 1. The van der Waals surface area contributed by atoms with Crippen LogP contribution in [0.3, 0.4) is 0 Å². The van der Waals surface area contributed by atoms with Crippen LogP contribution in [0.5, 0.6) is 0 Å². The fourth-order valence-electron chi connectivity index (χ4n) is 2.02. The van der Waals surface area contributed by atoms with E-state index in [9.17, 15) is 9.59 Å². The van der Waals surface area contributed by atoms with Gasteiger partial charge in [0.15, 0.2) is 0 Å². The molecule has 21 heavy (non-hydrogen) atoms. The van der Waals surface area contributed by atoms with Crippen LogP contribution in [0.15, 0.2) is 18.2 Å². The minimum atomic E-state index is -0.857. The Balaban J connectivity index is 2.94. The third-order valence-electron chi connectivity index (χ3n) is 2.88. The third kappa shape index (κ3) is 5.85. The van der Waals surface area contributed by atoms with E-state index in [0.717, 1.165) is 17.5 Å². The summed E-state index contributed by atoms with van der Waals surface area (Å²) in [6.45, 7) is 7.37. The number of anilines is 1. The Kier molecular flexibility index (Phi) is 5.76. The maximum atomic E-state index is 11.9. The highest BCUT2D eigenvalue weighted by atomic mass is 16.6. The van der Waals surface area contributed by atoms with E-state index in [2.05, 4.69) is 5.32 Å². The van der Waals surface area contributed by atoms with Gasteiger partial charge in [0.05, 0.1) is 0 Å². The average molecular weight is 293 g/mol. The first-order valence-electron chi connectivity index (χ1n) is 7.05. The summed E-state index contributed by atoms with van der Waals surface area (Å²) in [5, 5.41) is 11.6. The van der Waals surface area contributed by atoms with Crippen LogP contribution in [0.1, 0.15) is 45.2 Å². The molecule has 0 aromatic heterocycles. The third-order valence-corrected chi connectivity index (χ3v) is 2.88. The summed E-state index contributed by atoms with van der Waals surface area (Å²) in [5.41, 5.74) is 1.93. The van der Waals surface area contributed by atoms with Crippen LogP contribution in [0, 0.1) is 0 Å². The van der Waals surface area contributed by atoms with Gasteiger partial charge in [0, 0.05) is 12.1 Å². The molecule has 0 spiro atoms. The molecule has 5 nitrogen and oxygen atoms in total. The highest BCUT2D eigenvalue weighted by molar-refractivity contribution is 5.86. The largest absolute Gasteiger partial charge is 0.481 e. The van der Waals surface area contributed by atoms with Gasteiger partial charge < -0.3 is 9.84 Å². The van der Waals surface area contributed by atoms with Crippen molar-refractivity contribution in [2.75, 3.05) is 5.32 Å². The van der Waals surface area contributed by atoms with Crippen LogP contribution in [0.4, 0.5) is 10.5 Å². The Bertz CT molecular complexity index is 517. The summed E-state index contributed by atoms with van der Waals surface area (Å²) in [5.74, 6) is -0.857. The molecule has 2 N–H and O–H groups in total. The fourth-order valence-corrected chi connectivity index (χ4v) is 2.02. The molecule has 0 bridgehead atoms. The zero-order valence-corrected chi connectivity index (χ0v) is 13.0. The molecule has 116 valence electrons. The van der Waals surface area contributed by atoms with E-state index < -0.39 is 17.7 Å². The van der Waals surface area contributed by atoms with Crippen molar-refractivity contribution in [1.29, 1.82) is 0 Å². The van der Waals surface area contributed by atoms with Gasteiger partial charge in [-0.05, 0) is 50.8 Å². The lowest BCUT2D eigenvalue weighted by atomic mass is 9.99. The first-order valence-corrected chi connectivity index (χ1v) is 7.05. The Morgan fingerprint density at radius 1 is 1.29 bits per heavy atom. The summed E-state index contributed by atoms with van der Waals surface area (Å²) in [6, 6.07) is 5.55. The number of aliphatic carboxylic acids is 1. The summed E-state index contributed by atoms with van der Waals surface area (Å²) in [6.07, 6.45) is 0.649. The molecule has 1 aromatic carbocycles. The van der Waals surface area contributed by atoms with Crippen molar-refractivity contribution in [3.05, 3.63) is 29.3 Å². The zero-order valence-electron chi connectivity index (χ0n) is 13.0. The van der Waals surface area contributed by atoms with Crippen molar-refractivity contribution in [2.45, 2.75) is 52.6 Å². The predicted molar refractivity (Wildman–Crippen MR) is 81.6 cm³/mol. The second-order valence-electron chi connectivity index (χ2n) is 5.82. The van der Waals surface area contributed by atoms with Gasteiger partial charge in [0.1, 0.15) is 5.60 Å². The normalized spacial score (nSPS) is 11.0. The Labute approximate surface area is 125 Å². The Morgan fingerprint density at radius 2 is 1.95 bits per heavy atom. The van der Waals surface area contributed by atoms with E-state index in [1.807, 2.05) is 19.1 Å². The zero-order chi connectivity index (χ0) is 16.0. The van der Waals surface area contributed by atoms with Crippen LogP contribution in [-0.2, 0) is 22.4 Å². The van der Waals surface area contributed by atoms with E-state index in [4.69, 9.17) is 9.84 Å². The molecule has 0 aliphatic rings. The highest BCUT2D eigenvalue weighted by Crippen LogP contribution is 2.23. The minimum Gasteiger partial charge on any atom is -0.481 e. The number of hydrogen-bond donors (Lipinski definition) is 2. The van der Waals surface area contributed by atoms with E-state index in [1.165, 1.54) is 0 Å². The van der Waals surface area contributed by atoms with Gasteiger partial charge >= 0.3 is 12.1 Å². The van der Waals surface area contributed by atoms with Crippen molar-refractivity contribution in [1.82, 2.24) is 0 Å². The van der Waals surface area contributed by atoms with Crippen molar-refractivity contribution in [3.8, 4) is 0 Å². The molecular weight excluding hydrogens is 270 g/mol. The number of carboxylic acids is 1. The smallest absolute Gasteiger partial charge is 0.412 e. The molecule has 0 aliphatic carbocycles. The second kappa shape index (κ2) is 7.11. The Morgan fingerprint density at radius 3 is 2.48 bits per heavy atom. The molecule has 0 atom stereocenters. The highest BCUT2D eigenvalue weighted by Gasteiger charge is 2.18. The van der Waals surface area contributed by atoms with Crippen LogP contribution in [-0.4, -0.2) is 22.8 Å². The molecular formula is C16H23NO4. The first-order chi connectivity index (χ1) is 9.73. The fraction of sp³-hybridized carbons (Fsp3) is 0.500. The van der Waals surface area contributed by atoms with Crippen molar-refractivity contribution >= 4 is 17.7 Å². The number of amides is 1. The van der Waals surface area contributed by atoms with Crippen molar-refractivity contribution in [3.63, 3.8) is 0 Å². The molecule has 0 fully saturated rings. The summed E-state index contributed by atoms with van der Waals surface area (Å²) in [7, 11) is 0. The maximum absolute atomic E-state index is 11.9.